The van der Waals surface area contributed by atoms with Crippen molar-refractivity contribution < 1.29 is 29.1 Å². The van der Waals surface area contributed by atoms with Crippen LogP contribution in [0.3, 0.4) is 0 Å². The summed E-state index contributed by atoms with van der Waals surface area (Å²) in [5, 5.41) is 13.3. The van der Waals surface area contributed by atoms with Gasteiger partial charge in [0.05, 0.1) is 0 Å². The van der Waals surface area contributed by atoms with Gasteiger partial charge in [0.15, 0.2) is 0 Å². The molecule has 2 rings (SSSR count). The molecule has 0 aliphatic rings. The molecule has 32 heavy (non-hydrogen) atoms. The number of carbonyl (C=O) groups is 5. The van der Waals surface area contributed by atoms with Crippen LogP contribution in [-0.4, -0.2) is 65.4 Å². The normalized spacial score (nSPS) is 10.1. The van der Waals surface area contributed by atoms with Crippen molar-refractivity contribution in [3.05, 3.63) is 37.4 Å². The van der Waals surface area contributed by atoms with E-state index in [9.17, 15) is 24.0 Å². The van der Waals surface area contributed by atoms with E-state index in [0.717, 1.165) is 0 Å². The quantitative estimate of drug-likeness (QED) is 0.565. The van der Waals surface area contributed by atoms with Gasteiger partial charge in [0.25, 0.3) is 5.91 Å². The summed E-state index contributed by atoms with van der Waals surface area (Å²) in [6, 6.07) is 0. The fraction of sp³-hybridized carbons (Fsp3) is 0.450. The Morgan fingerprint density at radius 1 is 0.875 bits per heavy atom. The molecule has 178 valence electrons. The van der Waals surface area contributed by atoms with Gasteiger partial charge in [-0.1, -0.05) is 7.43 Å². The molecule has 2 aromatic rings. The van der Waals surface area contributed by atoms with E-state index >= 15 is 0 Å². The van der Waals surface area contributed by atoms with Gasteiger partial charge >= 0.3 is 5.97 Å². The molecule has 0 atom stereocenters. The Kier molecular flexibility index (Phi) is 12.8. The average Bonchev–Trinajstić information content (AvgIpc) is 3.33. The molecule has 12 nitrogen and oxygen atoms in total. The summed E-state index contributed by atoms with van der Waals surface area (Å²) in [4.78, 5) is 60.5. The minimum Gasteiger partial charge on any atom is -0.480 e. The SMILES string of the molecule is C.CC(=O)NC(C)(C)C(=O)O.CC(=O)NC(C)(C)C(=O)n1ccnc1.O=Cn1ccnc1. The predicted octanol–water partition coefficient (Wildman–Crippen LogP) is 0.981. The number of aromatic nitrogens is 4. The van der Waals surface area contributed by atoms with Crippen LogP contribution in [0.1, 0.15) is 53.8 Å². The molecule has 0 bridgehead atoms. The molecular formula is C20H32N6O6. The zero-order chi connectivity index (χ0) is 24.2. The average molecular weight is 453 g/mol. The summed E-state index contributed by atoms with van der Waals surface area (Å²) in [6.45, 7) is 8.81. The van der Waals surface area contributed by atoms with Crippen molar-refractivity contribution in [3.63, 3.8) is 0 Å². The number of hydrogen-bond acceptors (Lipinski definition) is 7. The van der Waals surface area contributed by atoms with Gasteiger partial charge in [-0.15, -0.1) is 0 Å². The van der Waals surface area contributed by atoms with E-state index in [1.807, 2.05) is 0 Å². The van der Waals surface area contributed by atoms with Crippen LogP contribution in [0.4, 0.5) is 0 Å². The Hall–Kier alpha value is -3.83. The van der Waals surface area contributed by atoms with Gasteiger partial charge in [-0.3, -0.25) is 28.3 Å². The van der Waals surface area contributed by atoms with Crippen LogP contribution in [0.15, 0.2) is 37.4 Å². The van der Waals surface area contributed by atoms with Gasteiger partial charge in [0.1, 0.15) is 23.7 Å². The Morgan fingerprint density at radius 3 is 1.62 bits per heavy atom. The molecule has 2 heterocycles. The summed E-state index contributed by atoms with van der Waals surface area (Å²) >= 11 is 0. The van der Waals surface area contributed by atoms with Gasteiger partial charge in [0.2, 0.25) is 18.2 Å². The van der Waals surface area contributed by atoms with Crippen LogP contribution in [0.2, 0.25) is 0 Å². The van der Waals surface area contributed by atoms with Crippen LogP contribution >= 0.6 is 0 Å². The maximum Gasteiger partial charge on any atom is 0.328 e. The first-order valence-electron chi connectivity index (χ1n) is 8.99. The van der Waals surface area contributed by atoms with E-state index in [2.05, 4.69) is 20.6 Å². The van der Waals surface area contributed by atoms with E-state index in [4.69, 9.17) is 5.11 Å². The minimum absolute atomic E-state index is 0. The number of amides is 2. The number of nitrogens with zero attached hydrogens (tertiary/aromatic N) is 4. The summed E-state index contributed by atoms with van der Waals surface area (Å²) in [7, 11) is 0. The van der Waals surface area contributed by atoms with Crippen molar-refractivity contribution in [2.24, 2.45) is 0 Å². The number of imidazole rings is 2. The molecule has 2 amide bonds. The molecule has 0 spiro atoms. The maximum absolute atomic E-state index is 11.8. The summed E-state index contributed by atoms with van der Waals surface area (Å²) in [5.74, 6) is -1.83. The first-order chi connectivity index (χ1) is 14.2. The maximum atomic E-state index is 11.8. The third-order valence-electron chi connectivity index (χ3n) is 3.43. The molecule has 0 aromatic carbocycles. The summed E-state index contributed by atoms with van der Waals surface area (Å²) in [6.07, 6.45) is 9.72. The van der Waals surface area contributed by atoms with Gasteiger partial charge in [-0.2, -0.15) is 0 Å². The van der Waals surface area contributed by atoms with Gasteiger partial charge in [-0.05, 0) is 27.7 Å². The van der Waals surface area contributed by atoms with Crippen LogP contribution in [0.5, 0.6) is 0 Å². The molecule has 12 heteroatoms. The van der Waals surface area contributed by atoms with Gasteiger partial charge in [-0.25, -0.2) is 14.8 Å². The number of nitrogens with one attached hydrogen (secondary N) is 2. The molecule has 0 saturated carbocycles. The van der Waals surface area contributed by atoms with Crippen molar-refractivity contribution in [1.82, 2.24) is 29.7 Å². The smallest absolute Gasteiger partial charge is 0.328 e. The lowest BCUT2D eigenvalue weighted by molar-refractivity contribution is -0.145. The van der Waals surface area contributed by atoms with E-state index in [0.29, 0.717) is 6.41 Å². The molecule has 0 aliphatic carbocycles. The number of carbonyl (C=O) groups excluding carboxylic acids is 4. The van der Waals surface area contributed by atoms with Crippen molar-refractivity contribution in [2.45, 2.75) is 60.0 Å². The predicted molar refractivity (Wildman–Crippen MR) is 117 cm³/mol. The molecular weight excluding hydrogens is 420 g/mol. The van der Waals surface area contributed by atoms with E-state index in [1.54, 1.807) is 32.4 Å². The Morgan fingerprint density at radius 2 is 1.34 bits per heavy atom. The topological polar surface area (TPSA) is 165 Å². The number of aliphatic carboxylic acids is 1. The zero-order valence-electron chi connectivity index (χ0n) is 18.3. The second-order valence-electron chi connectivity index (χ2n) is 7.31. The Bertz CT molecular complexity index is 873. The Labute approximate surface area is 187 Å². The van der Waals surface area contributed by atoms with Gasteiger partial charge in [0, 0.05) is 38.6 Å². The van der Waals surface area contributed by atoms with Crippen LogP contribution in [0.25, 0.3) is 0 Å². The van der Waals surface area contributed by atoms with E-state index < -0.39 is 17.0 Å². The number of hydrogen-bond donors (Lipinski definition) is 3. The van der Waals surface area contributed by atoms with E-state index in [1.165, 1.54) is 55.7 Å². The third kappa shape index (κ3) is 11.4. The van der Waals surface area contributed by atoms with Crippen LogP contribution in [0, 0.1) is 0 Å². The molecule has 0 unspecified atom stereocenters. The standard InChI is InChI=1S/C9H13N3O2.C6H11NO3.C4H4N2O.CH4/c1-7(13)11-9(2,3)8(14)12-5-4-10-6-12;1-4(8)7-6(2,3)5(9)10;7-4-6-2-1-5-3-6;/h4-6H,1-3H3,(H,11,13);1-3H3,(H,7,8)(H,9,10);1-4H;1H4. The monoisotopic (exact) mass is 452 g/mol. The molecule has 2 aromatic heterocycles. The minimum atomic E-state index is -1.16. The van der Waals surface area contributed by atoms with Gasteiger partial charge < -0.3 is 15.7 Å². The van der Waals surface area contributed by atoms with Crippen molar-refractivity contribution in [3.8, 4) is 0 Å². The lowest BCUT2D eigenvalue weighted by Gasteiger charge is -2.23. The van der Waals surface area contributed by atoms with Crippen molar-refractivity contribution in [1.29, 1.82) is 0 Å². The molecule has 0 radical (unpaired) electrons. The number of carboxylic acid groups (broad SMARTS) is 1. The second-order valence-corrected chi connectivity index (χ2v) is 7.31. The summed E-state index contributed by atoms with van der Waals surface area (Å²) in [5.41, 5.74) is -2.07. The van der Waals surface area contributed by atoms with Crippen molar-refractivity contribution >= 4 is 30.1 Å². The molecule has 0 aliphatic heterocycles. The Balaban J connectivity index is 0. The van der Waals surface area contributed by atoms with Crippen molar-refractivity contribution in [2.75, 3.05) is 0 Å². The highest BCUT2D eigenvalue weighted by atomic mass is 16.4. The number of rotatable bonds is 5. The molecule has 0 saturated heterocycles. The second kappa shape index (κ2) is 13.5. The molecule has 3 N–H and O–H groups in total. The van der Waals surface area contributed by atoms with E-state index in [-0.39, 0.29) is 25.1 Å². The largest absolute Gasteiger partial charge is 0.480 e. The summed E-state index contributed by atoms with van der Waals surface area (Å²) < 4.78 is 2.68. The lowest BCUT2D eigenvalue weighted by Crippen LogP contribution is -2.50. The van der Waals surface area contributed by atoms with Crippen LogP contribution in [-0.2, 0) is 19.2 Å². The first-order valence-corrected chi connectivity index (χ1v) is 8.99. The fourth-order valence-electron chi connectivity index (χ4n) is 2.02. The fourth-order valence-corrected chi connectivity index (χ4v) is 2.02. The third-order valence-corrected chi connectivity index (χ3v) is 3.43. The highest BCUT2D eigenvalue weighted by molar-refractivity contribution is 5.91. The lowest BCUT2D eigenvalue weighted by atomic mass is 10.0. The highest BCUT2D eigenvalue weighted by Crippen LogP contribution is 2.06. The molecule has 0 fully saturated rings. The first kappa shape index (κ1) is 30.4. The highest BCUT2D eigenvalue weighted by Gasteiger charge is 2.29. The zero-order valence-corrected chi connectivity index (χ0v) is 18.3. The number of carboxylic acids is 1. The van der Waals surface area contributed by atoms with Crippen LogP contribution < -0.4 is 10.6 Å².